The van der Waals surface area contributed by atoms with Crippen LogP contribution in [0.15, 0.2) is 59.5 Å². The van der Waals surface area contributed by atoms with Crippen LogP contribution < -0.4 is 13.8 Å². The molecule has 1 aliphatic heterocycles. The third-order valence-electron chi connectivity index (χ3n) is 6.40. The van der Waals surface area contributed by atoms with Gasteiger partial charge in [-0.1, -0.05) is 17.7 Å². The van der Waals surface area contributed by atoms with Gasteiger partial charge in [-0.25, -0.2) is 17.2 Å². The second-order valence-electron chi connectivity index (χ2n) is 8.75. The molecule has 39 heavy (non-hydrogen) atoms. The lowest BCUT2D eigenvalue weighted by Crippen LogP contribution is -2.43. The van der Waals surface area contributed by atoms with Gasteiger partial charge >= 0.3 is 0 Å². The molecule has 4 rings (SSSR count). The zero-order valence-electron chi connectivity index (χ0n) is 21.2. The summed E-state index contributed by atoms with van der Waals surface area (Å²) < 4.78 is 75.5. The largest absolute Gasteiger partial charge is 0.493 e. The lowest BCUT2D eigenvalue weighted by molar-refractivity contribution is 0.0395. The molecule has 1 saturated heterocycles. The van der Waals surface area contributed by atoms with Gasteiger partial charge in [0.25, 0.3) is 10.0 Å². The van der Waals surface area contributed by atoms with Gasteiger partial charge < -0.3 is 14.2 Å². The van der Waals surface area contributed by atoms with Crippen LogP contribution in [-0.4, -0.2) is 64.4 Å². The normalized spacial score (nSPS) is 14.3. The molecule has 0 radical (unpaired) electrons. The minimum atomic E-state index is -4.16. The average molecular weight is 693 g/mol. The van der Waals surface area contributed by atoms with Gasteiger partial charge in [0.15, 0.2) is 11.5 Å². The summed E-state index contributed by atoms with van der Waals surface area (Å²) >= 11 is 8.31. The van der Waals surface area contributed by atoms with Crippen molar-refractivity contribution in [3.8, 4) is 11.5 Å². The Kier molecular flexibility index (Phi) is 10.3. The SMILES string of the molecule is COc1cc(S(=O)(=O)N(CCN2CCOCC2)c2ccc(Cl)cc2Cc2c(F)cccc2F)ccc1OCI. The van der Waals surface area contributed by atoms with Crippen molar-refractivity contribution < 1.29 is 31.4 Å². The Labute approximate surface area is 245 Å². The van der Waals surface area contributed by atoms with E-state index < -0.39 is 21.7 Å². The summed E-state index contributed by atoms with van der Waals surface area (Å²) in [4.78, 5) is 2.09. The van der Waals surface area contributed by atoms with Gasteiger partial charge in [-0.15, -0.1) is 0 Å². The molecule has 7 nitrogen and oxygen atoms in total. The Morgan fingerprint density at radius 3 is 2.44 bits per heavy atom. The van der Waals surface area contributed by atoms with Gasteiger partial charge in [-0.3, -0.25) is 9.21 Å². The van der Waals surface area contributed by atoms with Crippen LogP contribution in [0.5, 0.6) is 11.5 Å². The highest BCUT2D eigenvalue weighted by molar-refractivity contribution is 14.1. The fourth-order valence-corrected chi connectivity index (χ4v) is 6.41. The Balaban J connectivity index is 1.79. The molecule has 0 atom stereocenters. The van der Waals surface area contributed by atoms with Gasteiger partial charge in [-0.05, 0) is 70.6 Å². The zero-order chi connectivity index (χ0) is 28.0. The van der Waals surface area contributed by atoms with Crippen LogP contribution in [0.3, 0.4) is 0 Å². The molecule has 0 saturated carbocycles. The molecule has 1 aliphatic rings. The number of nitrogens with zero attached hydrogens (tertiary/aromatic N) is 2. The van der Waals surface area contributed by atoms with Crippen LogP contribution in [0.2, 0.25) is 5.02 Å². The van der Waals surface area contributed by atoms with Crippen molar-refractivity contribution in [2.45, 2.75) is 11.3 Å². The van der Waals surface area contributed by atoms with Gasteiger partial charge in [0, 0.05) is 49.3 Å². The molecule has 12 heteroatoms. The van der Waals surface area contributed by atoms with E-state index in [0.29, 0.717) is 53.8 Å². The van der Waals surface area contributed by atoms with Crippen molar-refractivity contribution in [1.29, 1.82) is 0 Å². The van der Waals surface area contributed by atoms with Crippen molar-refractivity contribution in [3.63, 3.8) is 0 Å². The summed E-state index contributed by atoms with van der Waals surface area (Å²) in [6.07, 6.45) is -0.191. The van der Waals surface area contributed by atoms with Crippen LogP contribution in [-0.2, 0) is 21.2 Å². The number of ether oxygens (including phenoxy) is 3. The number of hydrogen-bond donors (Lipinski definition) is 0. The number of hydrogen-bond acceptors (Lipinski definition) is 6. The van der Waals surface area contributed by atoms with E-state index in [9.17, 15) is 17.2 Å². The zero-order valence-corrected chi connectivity index (χ0v) is 24.9. The number of alkyl halides is 1. The van der Waals surface area contributed by atoms with Crippen molar-refractivity contribution in [2.75, 3.05) is 55.4 Å². The number of halogens is 4. The second-order valence-corrected chi connectivity index (χ2v) is 11.7. The fourth-order valence-electron chi connectivity index (χ4n) is 4.37. The second kappa shape index (κ2) is 13.4. The van der Waals surface area contributed by atoms with E-state index in [1.807, 2.05) is 22.6 Å². The summed E-state index contributed by atoms with van der Waals surface area (Å²) in [6, 6.07) is 12.7. The predicted octanol–water partition coefficient (Wildman–Crippen LogP) is 5.52. The van der Waals surface area contributed by atoms with Crippen LogP contribution >= 0.6 is 34.2 Å². The maximum absolute atomic E-state index is 14.6. The molecule has 1 fully saturated rings. The third-order valence-corrected chi connectivity index (χ3v) is 8.75. The highest BCUT2D eigenvalue weighted by Crippen LogP contribution is 2.35. The fraction of sp³-hybridized carbons (Fsp3) is 0.333. The molecule has 0 unspecified atom stereocenters. The van der Waals surface area contributed by atoms with Crippen LogP contribution in [0.4, 0.5) is 14.5 Å². The minimum Gasteiger partial charge on any atom is -0.493 e. The smallest absolute Gasteiger partial charge is 0.264 e. The van der Waals surface area contributed by atoms with Gasteiger partial charge in [0.1, 0.15) is 16.2 Å². The number of anilines is 1. The Morgan fingerprint density at radius 1 is 1.05 bits per heavy atom. The van der Waals surface area contributed by atoms with Gasteiger partial charge in [0.2, 0.25) is 0 Å². The molecule has 0 aliphatic carbocycles. The lowest BCUT2D eigenvalue weighted by atomic mass is 10.0. The third kappa shape index (κ3) is 7.12. The molecular formula is C27H28ClF2IN2O5S. The van der Waals surface area contributed by atoms with E-state index in [-0.39, 0.29) is 34.9 Å². The first-order chi connectivity index (χ1) is 18.7. The summed E-state index contributed by atoms with van der Waals surface area (Å²) in [5.74, 6) is -0.767. The topological polar surface area (TPSA) is 68.3 Å². The molecule has 3 aromatic carbocycles. The molecule has 0 amide bonds. The summed E-state index contributed by atoms with van der Waals surface area (Å²) in [6.45, 7) is 2.95. The first-order valence-electron chi connectivity index (χ1n) is 12.2. The number of sulfonamides is 1. The van der Waals surface area contributed by atoms with E-state index in [0.717, 1.165) is 0 Å². The molecule has 0 N–H and O–H groups in total. The maximum Gasteiger partial charge on any atom is 0.264 e. The monoisotopic (exact) mass is 692 g/mol. The van der Waals surface area contributed by atoms with Gasteiger partial charge in [-0.2, -0.15) is 0 Å². The van der Waals surface area contributed by atoms with E-state index in [1.54, 1.807) is 18.2 Å². The van der Waals surface area contributed by atoms with Gasteiger partial charge in [0.05, 0.1) is 30.9 Å². The average Bonchev–Trinajstić information content (AvgIpc) is 2.92. The quantitative estimate of drug-likeness (QED) is 0.195. The van der Waals surface area contributed by atoms with Crippen LogP contribution in [0.25, 0.3) is 0 Å². The summed E-state index contributed by atoms with van der Waals surface area (Å²) in [7, 11) is -2.73. The Hall–Kier alpha value is -2.19. The number of morpholine rings is 1. The van der Waals surface area contributed by atoms with Crippen LogP contribution in [0, 0.1) is 11.6 Å². The first kappa shape index (κ1) is 29.8. The standard InChI is InChI=1S/C27H28ClF2IN2O5S/c1-36-27-17-21(6-8-26(27)38-18-31)39(34,35)33(10-9-32-11-13-37-14-12-32)25-7-5-20(28)15-19(25)16-22-23(29)3-2-4-24(22)30/h2-8,15,17H,9-14,16,18H2,1H3. The van der Waals surface area contributed by atoms with Crippen molar-refractivity contribution >= 4 is 49.9 Å². The Morgan fingerprint density at radius 2 is 1.77 bits per heavy atom. The minimum absolute atomic E-state index is 0.0138. The van der Waals surface area contributed by atoms with Crippen LogP contribution in [0.1, 0.15) is 11.1 Å². The molecule has 210 valence electrons. The first-order valence-corrected chi connectivity index (χ1v) is 15.5. The summed E-state index contributed by atoms with van der Waals surface area (Å²) in [5.41, 5.74) is 0.476. The summed E-state index contributed by atoms with van der Waals surface area (Å²) in [5, 5.41) is 0.318. The highest BCUT2D eigenvalue weighted by Gasteiger charge is 2.29. The molecule has 0 spiro atoms. The van der Waals surface area contributed by atoms with Crippen molar-refractivity contribution in [2.24, 2.45) is 0 Å². The number of methoxy groups -OCH3 is 1. The highest BCUT2D eigenvalue weighted by atomic mass is 127. The molecule has 0 aromatic heterocycles. The van der Waals surface area contributed by atoms with Crippen molar-refractivity contribution in [1.82, 2.24) is 4.90 Å². The Bertz CT molecular complexity index is 1390. The van der Waals surface area contributed by atoms with E-state index >= 15 is 0 Å². The molecule has 0 bridgehead atoms. The van der Waals surface area contributed by atoms with E-state index in [2.05, 4.69) is 4.90 Å². The number of rotatable bonds is 11. The van der Waals surface area contributed by atoms with E-state index in [4.69, 9.17) is 25.8 Å². The molecular weight excluding hydrogens is 665 g/mol. The predicted molar refractivity (Wildman–Crippen MR) is 155 cm³/mol. The van der Waals surface area contributed by atoms with Crippen molar-refractivity contribution in [3.05, 3.63) is 82.4 Å². The lowest BCUT2D eigenvalue weighted by Gasteiger charge is -2.32. The van der Waals surface area contributed by atoms with E-state index in [1.165, 1.54) is 47.8 Å². The molecule has 1 heterocycles. The maximum atomic E-state index is 14.6. The molecule has 3 aromatic rings. The number of benzene rings is 3.